The van der Waals surface area contributed by atoms with Crippen molar-refractivity contribution in [3.8, 4) is 0 Å². The lowest BCUT2D eigenvalue weighted by atomic mass is 9.32. The van der Waals surface area contributed by atoms with Crippen LogP contribution < -0.4 is 21.3 Å². The average Bonchev–Trinajstić information content (AvgIpc) is 2.86. The molecule has 0 aromatic heterocycles. The van der Waals surface area contributed by atoms with E-state index in [9.17, 15) is 30.0 Å². The van der Waals surface area contributed by atoms with Gasteiger partial charge in [-0.25, -0.2) is 0 Å². The molecule has 0 aromatic carbocycles. The van der Waals surface area contributed by atoms with Crippen molar-refractivity contribution in [1.82, 2.24) is 21.3 Å². The minimum Gasteiger partial charge on any atom is -0.481 e. The van der Waals surface area contributed by atoms with E-state index in [1.807, 2.05) is 27.7 Å². The molecule has 8 N–H and O–H groups in total. The molecule has 0 saturated carbocycles. The molecule has 12 nitrogen and oxygen atoms in total. The van der Waals surface area contributed by atoms with E-state index in [1.165, 1.54) is 0 Å². The molecular weight excluding hydrogens is 713 g/mol. The number of hydrogen-bond donors (Lipinski definition) is 8. The minimum absolute atomic E-state index is 0.0734. The predicted molar refractivity (Wildman–Crippen MR) is 219 cm³/mol. The summed E-state index contributed by atoms with van der Waals surface area (Å²) in [6, 6.07) is 0. The van der Waals surface area contributed by atoms with Crippen LogP contribution in [-0.2, 0) is 19.2 Å². The van der Waals surface area contributed by atoms with Crippen molar-refractivity contribution in [3.05, 3.63) is 0 Å². The van der Waals surface area contributed by atoms with E-state index in [2.05, 4.69) is 104 Å². The standard InChI is InChI=1S/C44H78N4O8/c1-34(2)17-26(18-35(3,4)45-34)42(31(51)52,25-30(49)50)44(32(53)54,33(55)56)43(27-19-36(5,6)46-37(7,8)20-27,28-21-38(9,10)47-39(11,12)22-28)29-23-40(13,14)48-41(15,16)24-29/h26-29,45-48H,17-25H2,1-16H3,(H,49,50)(H,51,52)(H,53,54)(H,55,56). The first-order chi connectivity index (χ1) is 24.8. The van der Waals surface area contributed by atoms with Crippen molar-refractivity contribution in [2.45, 2.75) is 213 Å². The van der Waals surface area contributed by atoms with Gasteiger partial charge >= 0.3 is 23.9 Å². The lowest BCUT2D eigenvalue weighted by Gasteiger charge is -2.70. The fraction of sp³-hybridized carbons (Fsp3) is 0.909. The summed E-state index contributed by atoms with van der Waals surface area (Å²) in [6.07, 6.45) is 1.25. The van der Waals surface area contributed by atoms with Crippen LogP contribution in [0.3, 0.4) is 0 Å². The third-order valence-corrected chi connectivity index (χ3v) is 14.3. The van der Waals surface area contributed by atoms with Gasteiger partial charge in [-0.05, 0) is 186 Å². The van der Waals surface area contributed by atoms with E-state index >= 15 is 9.59 Å². The van der Waals surface area contributed by atoms with Crippen LogP contribution in [-0.4, -0.2) is 88.6 Å². The number of rotatable bonds is 11. The number of hydrogen-bond acceptors (Lipinski definition) is 8. The third-order valence-electron chi connectivity index (χ3n) is 14.3. The van der Waals surface area contributed by atoms with E-state index in [0.717, 1.165) is 0 Å². The molecule has 4 saturated heterocycles. The molecule has 56 heavy (non-hydrogen) atoms. The van der Waals surface area contributed by atoms with Gasteiger partial charge < -0.3 is 41.7 Å². The average molecular weight is 791 g/mol. The lowest BCUT2D eigenvalue weighted by molar-refractivity contribution is -0.255. The van der Waals surface area contributed by atoms with Gasteiger partial charge in [-0.1, -0.05) is 0 Å². The molecule has 0 radical (unpaired) electrons. The molecule has 322 valence electrons. The van der Waals surface area contributed by atoms with E-state index in [1.54, 1.807) is 0 Å². The molecule has 4 aliphatic rings. The van der Waals surface area contributed by atoms with Crippen LogP contribution >= 0.6 is 0 Å². The first-order valence-electron chi connectivity index (χ1n) is 20.9. The second-order valence-electron chi connectivity index (χ2n) is 24.1. The highest BCUT2D eigenvalue weighted by molar-refractivity contribution is 6.06. The normalized spacial score (nSPS) is 28.8. The van der Waals surface area contributed by atoms with Gasteiger partial charge in [0.25, 0.3) is 0 Å². The van der Waals surface area contributed by atoms with Crippen molar-refractivity contribution >= 4 is 23.9 Å². The van der Waals surface area contributed by atoms with Crippen molar-refractivity contribution in [3.63, 3.8) is 0 Å². The Bertz CT molecular complexity index is 1400. The maximum absolute atomic E-state index is 15.4. The Morgan fingerprint density at radius 1 is 0.411 bits per heavy atom. The van der Waals surface area contributed by atoms with E-state index in [0.29, 0.717) is 38.5 Å². The first-order valence-corrected chi connectivity index (χ1v) is 20.9. The Kier molecular flexibility index (Phi) is 11.5. The predicted octanol–water partition coefficient (Wildman–Crippen LogP) is 6.90. The fourth-order valence-corrected chi connectivity index (χ4v) is 15.0. The molecule has 0 amide bonds. The van der Waals surface area contributed by atoms with Crippen LogP contribution in [0.25, 0.3) is 0 Å². The number of aliphatic carboxylic acids is 4. The summed E-state index contributed by atoms with van der Waals surface area (Å²) in [5, 5.41) is 63.0. The summed E-state index contributed by atoms with van der Waals surface area (Å²) in [7, 11) is 0. The molecule has 12 heteroatoms. The van der Waals surface area contributed by atoms with Crippen molar-refractivity contribution < 1.29 is 39.6 Å². The van der Waals surface area contributed by atoms with Crippen LogP contribution in [0.15, 0.2) is 0 Å². The molecule has 0 bridgehead atoms. The summed E-state index contributed by atoms with van der Waals surface area (Å²) >= 11 is 0. The molecule has 0 aromatic rings. The molecule has 4 fully saturated rings. The van der Waals surface area contributed by atoms with Crippen LogP contribution in [0.2, 0.25) is 0 Å². The van der Waals surface area contributed by atoms with Gasteiger partial charge in [0, 0.05) is 49.7 Å². The van der Waals surface area contributed by atoms with E-state index in [4.69, 9.17) is 0 Å². The summed E-state index contributed by atoms with van der Waals surface area (Å²) in [5.41, 5.74) is -12.8. The molecule has 4 heterocycles. The second kappa shape index (κ2) is 13.9. The molecule has 4 aliphatic heterocycles. The molecule has 1 atom stereocenters. The smallest absolute Gasteiger partial charge is 0.322 e. The number of carboxylic acids is 4. The third kappa shape index (κ3) is 8.29. The highest BCUT2D eigenvalue weighted by Gasteiger charge is 2.83. The van der Waals surface area contributed by atoms with Crippen LogP contribution in [0, 0.1) is 39.9 Å². The number of carbonyl (C=O) groups is 4. The summed E-state index contributed by atoms with van der Waals surface area (Å²) in [5.74, 6) is -9.74. The minimum atomic E-state index is -3.10. The molecule has 1 unspecified atom stereocenters. The monoisotopic (exact) mass is 791 g/mol. The molecule has 4 rings (SSSR count). The highest BCUT2D eigenvalue weighted by atomic mass is 16.4. The van der Waals surface area contributed by atoms with Gasteiger partial charge in [0.15, 0.2) is 5.41 Å². The Balaban J connectivity index is 2.44. The van der Waals surface area contributed by atoms with Crippen LogP contribution in [0.1, 0.15) is 169 Å². The SMILES string of the molecule is CC1(C)CC(C(CC(=O)O)(C(=O)O)C(C(=O)O)(C(=O)O)C(C2CC(C)(C)NC(C)(C)C2)(C2CC(C)(C)NC(C)(C)C2)C2CC(C)(C)NC(C)(C)C2)CC(C)(C)N1. The Hall–Kier alpha value is -2.28. The Morgan fingerprint density at radius 3 is 0.804 bits per heavy atom. The summed E-state index contributed by atoms with van der Waals surface area (Å²) < 4.78 is 0. The zero-order chi connectivity index (χ0) is 43.3. The Morgan fingerprint density at radius 2 is 0.625 bits per heavy atom. The largest absolute Gasteiger partial charge is 0.481 e. The highest BCUT2D eigenvalue weighted by Crippen LogP contribution is 2.74. The van der Waals surface area contributed by atoms with Crippen molar-refractivity contribution in [1.29, 1.82) is 0 Å². The number of nitrogens with one attached hydrogen (secondary N) is 4. The molecular formula is C44H78N4O8. The second-order valence-corrected chi connectivity index (χ2v) is 24.1. The molecule has 0 spiro atoms. The lowest BCUT2D eigenvalue weighted by Crippen LogP contribution is -2.79. The van der Waals surface area contributed by atoms with Gasteiger partial charge in [0.05, 0.1) is 6.42 Å². The van der Waals surface area contributed by atoms with Gasteiger partial charge in [0.2, 0.25) is 0 Å². The van der Waals surface area contributed by atoms with Gasteiger partial charge in [-0.2, -0.15) is 0 Å². The fourth-order valence-electron chi connectivity index (χ4n) is 15.0. The summed E-state index contributed by atoms with van der Waals surface area (Å²) in [6.45, 7) is 32.3. The van der Waals surface area contributed by atoms with E-state index in [-0.39, 0.29) is 12.8 Å². The van der Waals surface area contributed by atoms with Gasteiger partial charge in [0.1, 0.15) is 5.41 Å². The van der Waals surface area contributed by atoms with Crippen LogP contribution in [0.5, 0.6) is 0 Å². The number of carboxylic acid groups (broad SMARTS) is 4. The zero-order valence-corrected chi connectivity index (χ0v) is 37.6. The maximum Gasteiger partial charge on any atom is 0.322 e. The van der Waals surface area contributed by atoms with Crippen LogP contribution in [0.4, 0.5) is 0 Å². The summed E-state index contributed by atoms with van der Waals surface area (Å²) in [4.78, 5) is 59.3. The first kappa shape index (κ1) is 46.4. The van der Waals surface area contributed by atoms with Crippen molar-refractivity contribution in [2.75, 3.05) is 0 Å². The quantitative estimate of drug-likeness (QED) is 0.101. The maximum atomic E-state index is 15.4. The van der Waals surface area contributed by atoms with Crippen molar-refractivity contribution in [2.24, 2.45) is 39.9 Å². The van der Waals surface area contributed by atoms with E-state index < -0.39 is 115 Å². The Labute approximate surface area is 336 Å². The number of piperidine rings is 4. The topological polar surface area (TPSA) is 197 Å². The zero-order valence-electron chi connectivity index (χ0n) is 37.6. The molecule has 0 aliphatic carbocycles. The van der Waals surface area contributed by atoms with Gasteiger partial charge in [-0.15, -0.1) is 0 Å². The van der Waals surface area contributed by atoms with Gasteiger partial charge in [-0.3, -0.25) is 19.2 Å².